The van der Waals surface area contributed by atoms with Crippen molar-refractivity contribution in [1.29, 1.82) is 0 Å². The van der Waals surface area contributed by atoms with Gasteiger partial charge < -0.3 is 14.8 Å². The van der Waals surface area contributed by atoms with E-state index in [0.29, 0.717) is 5.56 Å². The summed E-state index contributed by atoms with van der Waals surface area (Å²) in [5, 5.41) is 33.8. The van der Waals surface area contributed by atoms with Crippen LogP contribution in [-0.4, -0.2) is 53.2 Å². The third kappa shape index (κ3) is 4.91. The molecule has 3 aromatic rings. The highest BCUT2D eigenvalue weighted by molar-refractivity contribution is 6.41. The fraction of sp³-hybridized carbons (Fsp3) is 0.222. The number of aliphatic hydroxyl groups is 2. The maximum absolute atomic E-state index is 12.3. The number of hydrogen-bond donors (Lipinski definition) is 4. The second-order valence-corrected chi connectivity index (χ2v) is 7.06. The van der Waals surface area contributed by atoms with Crippen molar-refractivity contribution in [2.75, 3.05) is 12.0 Å². The van der Waals surface area contributed by atoms with E-state index in [1.807, 2.05) is 0 Å². The number of imidazole rings is 1. The van der Waals surface area contributed by atoms with Gasteiger partial charge in [0, 0.05) is 19.2 Å². The number of hydrogen-bond acceptors (Lipinski definition) is 9. The Kier molecular flexibility index (Phi) is 6.82. The molecule has 0 aliphatic rings. The van der Waals surface area contributed by atoms with E-state index in [-0.39, 0.29) is 34.4 Å². The van der Waals surface area contributed by atoms with Crippen LogP contribution in [-0.2, 0) is 13.6 Å². The van der Waals surface area contributed by atoms with Crippen molar-refractivity contribution >= 4 is 46.7 Å². The molecule has 0 aliphatic heterocycles. The summed E-state index contributed by atoms with van der Waals surface area (Å²) in [7, 11) is 1.41. The second kappa shape index (κ2) is 9.55. The highest BCUT2D eigenvalue weighted by atomic mass is 35.5. The number of allylic oxidation sites excluding steroid dienone is 1. The number of aryl methyl sites for hydroxylation is 1. The number of nitro benzene ring substituents is 1. The lowest BCUT2D eigenvalue weighted by molar-refractivity contribution is -0.384. The fourth-order valence-electron chi connectivity index (χ4n) is 2.81. The van der Waals surface area contributed by atoms with E-state index < -0.39 is 28.9 Å². The molecule has 0 spiro atoms. The summed E-state index contributed by atoms with van der Waals surface area (Å²) in [5.41, 5.74) is 1.82. The molecule has 13 nitrogen and oxygen atoms in total. The van der Waals surface area contributed by atoms with Crippen LogP contribution in [0.4, 0.5) is 11.6 Å². The largest absolute Gasteiger partial charge is 0.394 e. The third-order valence-corrected chi connectivity index (χ3v) is 4.58. The summed E-state index contributed by atoms with van der Waals surface area (Å²) in [6.45, 7) is -0.756. The molecule has 0 bridgehead atoms. The smallest absolute Gasteiger partial charge is 0.329 e. The van der Waals surface area contributed by atoms with Crippen LogP contribution in [0.5, 0.6) is 0 Å². The topological polar surface area (TPSA) is 181 Å². The Labute approximate surface area is 184 Å². The van der Waals surface area contributed by atoms with Gasteiger partial charge in [-0.05, 0) is 23.8 Å². The Morgan fingerprint density at radius 1 is 1.41 bits per heavy atom. The Balaban J connectivity index is 1.89. The van der Waals surface area contributed by atoms with Crippen LogP contribution in [0.2, 0.25) is 0 Å². The zero-order valence-corrected chi connectivity index (χ0v) is 17.4. The lowest BCUT2D eigenvalue weighted by Gasteiger charge is -2.11. The number of aliphatic hydroxyl groups excluding tert-OH is 2. The summed E-state index contributed by atoms with van der Waals surface area (Å²) < 4.78 is 2.40. The molecule has 0 saturated carbocycles. The number of H-pyrrole nitrogens is 1. The summed E-state index contributed by atoms with van der Waals surface area (Å²) in [6.07, 6.45) is 1.56. The quantitative estimate of drug-likeness (QED) is 0.210. The predicted octanol–water partition coefficient (Wildman–Crippen LogP) is 0.362. The van der Waals surface area contributed by atoms with Crippen molar-refractivity contribution in [3.05, 3.63) is 65.8 Å². The number of nitrogens with zero attached hydrogens (tertiary/aromatic N) is 5. The number of halogens is 1. The first-order valence-corrected chi connectivity index (χ1v) is 9.48. The molecule has 1 aromatic carbocycles. The number of nitrogens with one attached hydrogen (secondary N) is 2. The van der Waals surface area contributed by atoms with E-state index in [2.05, 4.69) is 20.5 Å². The first kappa shape index (κ1) is 22.9. The monoisotopic (exact) mass is 463 g/mol. The molecule has 2 aromatic heterocycles. The van der Waals surface area contributed by atoms with E-state index in [1.54, 1.807) is 0 Å². The number of anilines is 1. The molecular formula is C18H18ClN7O6. The number of fused-ring (bicyclic) bond motifs is 1. The van der Waals surface area contributed by atoms with Gasteiger partial charge in [0.2, 0.25) is 5.95 Å². The molecule has 0 amide bonds. The highest BCUT2D eigenvalue weighted by Gasteiger charge is 2.19. The van der Waals surface area contributed by atoms with Crippen molar-refractivity contribution in [3.63, 3.8) is 0 Å². The molecule has 3 rings (SSSR count). The zero-order chi connectivity index (χ0) is 23.4. The predicted molar refractivity (Wildman–Crippen MR) is 118 cm³/mol. The lowest BCUT2D eigenvalue weighted by atomic mass is 10.2. The van der Waals surface area contributed by atoms with Crippen molar-refractivity contribution in [3.8, 4) is 0 Å². The van der Waals surface area contributed by atoms with Gasteiger partial charge in [-0.1, -0.05) is 11.6 Å². The highest BCUT2D eigenvalue weighted by Crippen LogP contribution is 2.17. The first-order chi connectivity index (χ1) is 15.2. The van der Waals surface area contributed by atoms with Crippen molar-refractivity contribution < 1.29 is 15.1 Å². The van der Waals surface area contributed by atoms with Gasteiger partial charge in [-0.3, -0.25) is 24.5 Å². The summed E-state index contributed by atoms with van der Waals surface area (Å²) >= 11 is 6.12. The molecule has 14 heteroatoms. The molecule has 0 aliphatic carbocycles. The number of nitro groups is 1. The number of benzene rings is 1. The summed E-state index contributed by atoms with van der Waals surface area (Å²) in [6, 6.07) is 5.71. The average molecular weight is 464 g/mol. The van der Waals surface area contributed by atoms with Crippen molar-refractivity contribution in [2.24, 2.45) is 12.1 Å². The van der Waals surface area contributed by atoms with Crippen LogP contribution in [0, 0.1) is 10.1 Å². The van der Waals surface area contributed by atoms with Gasteiger partial charge in [0.25, 0.3) is 11.2 Å². The number of aromatic amines is 1. The SMILES string of the molecule is Cn1c(=O)[nH]c(=O)c2c1nc(NN=CC(Cl)=Cc1ccc([N+](=O)[O-])cc1)n2CC(O)CO. The number of rotatable bonds is 8. The minimum Gasteiger partial charge on any atom is -0.394 e. The van der Waals surface area contributed by atoms with Crippen LogP contribution in [0.15, 0.2) is 44.0 Å². The minimum atomic E-state index is -1.20. The lowest BCUT2D eigenvalue weighted by Crippen LogP contribution is -2.30. The molecule has 2 heterocycles. The molecule has 0 radical (unpaired) electrons. The maximum atomic E-state index is 12.3. The van der Waals surface area contributed by atoms with E-state index >= 15 is 0 Å². The molecule has 0 fully saturated rings. The minimum absolute atomic E-state index is 0.00446. The van der Waals surface area contributed by atoms with Gasteiger partial charge in [0.1, 0.15) is 0 Å². The normalized spacial score (nSPS) is 13.1. The average Bonchev–Trinajstić information content (AvgIpc) is 3.11. The van der Waals surface area contributed by atoms with Gasteiger partial charge in [-0.2, -0.15) is 10.1 Å². The van der Waals surface area contributed by atoms with E-state index in [1.165, 1.54) is 48.2 Å². The number of non-ortho nitro benzene ring substituents is 1. The fourth-order valence-corrected chi connectivity index (χ4v) is 2.98. The van der Waals surface area contributed by atoms with Crippen molar-refractivity contribution in [2.45, 2.75) is 12.6 Å². The zero-order valence-electron chi connectivity index (χ0n) is 16.6. The van der Waals surface area contributed by atoms with E-state index in [9.17, 15) is 24.8 Å². The maximum Gasteiger partial charge on any atom is 0.329 e. The van der Waals surface area contributed by atoms with E-state index in [0.717, 1.165) is 4.57 Å². The molecule has 168 valence electrons. The Hall–Kier alpha value is -3.81. The van der Waals surface area contributed by atoms with Gasteiger partial charge in [0.15, 0.2) is 11.2 Å². The van der Waals surface area contributed by atoms with Crippen LogP contribution < -0.4 is 16.7 Å². The molecule has 0 saturated heterocycles. The number of hydrazone groups is 1. The third-order valence-electron chi connectivity index (χ3n) is 4.37. The summed E-state index contributed by atoms with van der Waals surface area (Å²) in [5.74, 6) is 0.0234. The molecule has 4 N–H and O–H groups in total. The summed E-state index contributed by atoms with van der Waals surface area (Å²) in [4.78, 5) is 40.7. The van der Waals surface area contributed by atoms with Gasteiger partial charge >= 0.3 is 5.69 Å². The van der Waals surface area contributed by atoms with Crippen molar-refractivity contribution in [1.82, 2.24) is 19.1 Å². The Bertz CT molecular complexity index is 1320. The molecule has 32 heavy (non-hydrogen) atoms. The second-order valence-electron chi connectivity index (χ2n) is 6.62. The standard InChI is InChI=1S/C18H18ClN7O6/c1-24-15-14(16(29)22-18(24)30)25(8-13(28)9-27)17(21-15)23-20-7-11(19)6-10-2-4-12(5-3-10)26(31)32/h2-7,13,27-28H,8-9H2,1H3,(H,21,23)(H,22,29,30). The van der Waals surface area contributed by atoms with Crippen LogP contribution in [0.25, 0.3) is 17.2 Å². The molecule has 1 unspecified atom stereocenters. The van der Waals surface area contributed by atoms with Gasteiger partial charge in [-0.15, -0.1) is 0 Å². The first-order valence-electron chi connectivity index (χ1n) is 9.10. The Morgan fingerprint density at radius 3 is 2.72 bits per heavy atom. The van der Waals surface area contributed by atoms with Crippen LogP contribution in [0.1, 0.15) is 5.56 Å². The van der Waals surface area contributed by atoms with Crippen LogP contribution >= 0.6 is 11.6 Å². The van der Waals surface area contributed by atoms with Gasteiger partial charge in [0.05, 0.1) is 35.4 Å². The van der Waals surface area contributed by atoms with Gasteiger partial charge in [-0.25, -0.2) is 10.2 Å². The van der Waals surface area contributed by atoms with E-state index in [4.69, 9.17) is 16.7 Å². The Morgan fingerprint density at radius 2 is 2.09 bits per heavy atom. The van der Waals surface area contributed by atoms with Crippen LogP contribution in [0.3, 0.4) is 0 Å². The molecule has 1 atom stereocenters. The molecular weight excluding hydrogens is 446 g/mol. The number of aromatic nitrogens is 4.